The maximum Gasteiger partial charge on any atom is 0.465 e. The van der Waals surface area contributed by atoms with E-state index in [9.17, 15) is 0 Å². The molecule has 0 amide bonds. The Bertz CT molecular complexity index is 927. The Labute approximate surface area is 186 Å². The van der Waals surface area contributed by atoms with Gasteiger partial charge in [-0.15, -0.1) is 35.2 Å². The van der Waals surface area contributed by atoms with Crippen molar-refractivity contribution in [1.82, 2.24) is 0 Å². The molecule has 0 aromatic carbocycles. The molecule has 2 N–H and O–H groups in total. The summed E-state index contributed by atoms with van der Waals surface area (Å²) in [5.41, 5.74) is 8.53. The average molecular weight is 933 g/mol. The SMILES string of the molecule is C[C-]1C=CC=CC(B2OB(C3=C[C-](C)C=CC=C3)OB(C3=CC(C)(N)C=CC=C3)O2)=C1.[Lr].[Lr]. The van der Waals surface area contributed by atoms with E-state index < -0.39 is 26.9 Å². The van der Waals surface area contributed by atoms with Crippen LogP contribution in [0.15, 0.2) is 108 Å². The molecule has 3 aliphatic carbocycles. The van der Waals surface area contributed by atoms with Crippen LogP contribution < -0.4 is 5.73 Å². The fourth-order valence-electron chi connectivity index (χ4n) is 3.70. The van der Waals surface area contributed by atoms with E-state index in [4.69, 9.17) is 19.4 Å². The monoisotopic (exact) mass is 933 g/mol. The van der Waals surface area contributed by atoms with E-state index >= 15 is 0 Å². The molecule has 0 bridgehead atoms. The molecule has 1 aliphatic heterocycles. The van der Waals surface area contributed by atoms with Gasteiger partial charge in [-0.1, -0.05) is 44.2 Å². The second kappa shape index (κ2) is 10.2. The number of rotatable bonds is 3. The Morgan fingerprint density at radius 1 is 0.697 bits per heavy atom. The summed E-state index contributed by atoms with van der Waals surface area (Å²) in [5, 5.41) is 0. The summed E-state index contributed by atoms with van der Waals surface area (Å²) < 4.78 is 18.9. The van der Waals surface area contributed by atoms with Crippen LogP contribution in [0.1, 0.15) is 20.8 Å². The molecule has 0 aromatic rings. The van der Waals surface area contributed by atoms with E-state index in [1.165, 1.54) is 0 Å². The van der Waals surface area contributed by atoms with Crippen molar-refractivity contribution in [2.24, 2.45) is 5.73 Å². The van der Waals surface area contributed by atoms with E-state index in [-0.39, 0.29) is 0 Å². The van der Waals surface area contributed by atoms with Crippen molar-refractivity contribution >= 4 is 21.4 Å². The molecule has 4 rings (SSSR count). The predicted octanol–water partition coefficient (Wildman–Crippen LogP) is 4.20. The fourth-order valence-corrected chi connectivity index (χ4v) is 3.70. The van der Waals surface area contributed by atoms with Gasteiger partial charge in [0.25, 0.3) is 0 Å². The van der Waals surface area contributed by atoms with Gasteiger partial charge in [0.2, 0.25) is 0 Å². The van der Waals surface area contributed by atoms with Crippen LogP contribution in [0.4, 0.5) is 0 Å². The van der Waals surface area contributed by atoms with Crippen LogP contribution in [-0.4, -0.2) is 26.9 Å². The number of hydrogen-bond acceptors (Lipinski definition) is 4. The molecule has 1 fully saturated rings. The molecule has 9 heteroatoms. The minimum atomic E-state index is -0.626. The summed E-state index contributed by atoms with van der Waals surface area (Å²) in [7, 11) is -1.80. The van der Waals surface area contributed by atoms with Crippen LogP contribution in [0.5, 0.6) is 0 Å². The Morgan fingerprint density at radius 2 is 1.12 bits per heavy atom. The van der Waals surface area contributed by atoms with Crippen molar-refractivity contribution in [3.63, 3.8) is 0 Å². The largest absolute Gasteiger partial charge is 0.466 e. The first-order valence-electron chi connectivity index (χ1n) is 10.5. The third-order valence-corrected chi connectivity index (χ3v) is 5.20. The summed E-state index contributed by atoms with van der Waals surface area (Å²) in [5.74, 6) is 2.25. The molecule has 1 heterocycles. The Kier molecular flexibility index (Phi) is 7.61. The zero-order valence-electron chi connectivity index (χ0n) is 18.7. The van der Waals surface area contributed by atoms with Crippen LogP contribution in [-0.2, 0) is 13.7 Å². The van der Waals surface area contributed by atoms with Crippen molar-refractivity contribution in [3.05, 3.63) is 119 Å². The van der Waals surface area contributed by atoms with Crippen molar-refractivity contribution in [3.8, 4) is 0 Å². The van der Waals surface area contributed by atoms with Crippen LogP contribution in [0.3, 0.4) is 0 Å². The standard InChI is InChI=1S/C24H26B3NO3.2Lr/c1-19-10-4-6-12-21(16-19)25-29-26(22-13-7-5-11-20(2)17-22)31-27(30-25)23-14-8-9-15-24(3,28)18-23;;/h4-18H,28H2,1-3H3;;/q-2;;. The molecular weight excluding hydrogens is 907 g/mol. The topological polar surface area (TPSA) is 53.7 Å². The zero-order chi connectivity index (χ0) is 21.8. The van der Waals surface area contributed by atoms with Crippen LogP contribution in [0.2, 0.25) is 0 Å². The first-order chi connectivity index (χ1) is 14.9. The molecule has 1 saturated heterocycles. The maximum absolute atomic E-state index is 6.39. The van der Waals surface area contributed by atoms with Gasteiger partial charge in [0, 0.05) is 5.54 Å². The van der Waals surface area contributed by atoms with Crippen LogP contribution in [0.25, 0.3) is 0 Å². The summed E-state index contributed by atoms with van der Waals surface area (Å²) in [6.07, 6.45) is 30.1. The Balaban J connectivity index is 0.00000193. The predicted molar refractivity (Wildman–Crippen MR) is 130 cm³/mol. The normalized spacial score (nSPS) is 24.4. The second-order valence-electron chi connectivity index (χ2n) is 8.35. The zero-order valence-corrected chi connectivity index (χ0v) is 23.0. The molecule has 0 spiro atoms. The van der Waals surface area contributed by atoms with Gasteiger partial charge in [-0.05, 0) is 12.4 Å². The van der Waals surface area contributed by atoms with Gasteiger partial charge in [0.15, 0.2) is 0 Å². The molecular formula is C24H26B3Lr2NO3-2. The number of hydrogen-bond donors (Lipinski definition) is 1. The summed E-state index contributed by atoms with van der Waals surface area (Å²) in [4.78, 5) is 0. The molecule has 1 unspecified atom stereocenters. The molecule has 186 valence electrons. The van der Waals surface area contributed by atoms with Gasteiger partial charge in [0.05, 0.1) is 0 Å². The van der Waals surface area contributed by atoms with E-state index in [1.54, 1.807) is 0 Å². The van der Waals surface area contributed by atoms with Gasteiger partial charge < -0.3 is 19.4 Å². The molecule has 0 saturated carbocycles. The molecule has 0 aromatic heterocycles. The minimum Gasteiger partial charge on any atom is -0.466 e. The molecule has 1 atom stereocenters. The molecule has 4 nitrogen and oxygen atoms in total. The quantitative estimate of drug-likeness (QED) is 0.341. The molecule has 33 heavy (non-hydrogen) atoms. The van der Waals surface area contributed by atoms with E-state index in [0.717, 1.165) is 28.3 Å². The van der Waals surface area contributed by atoms with Gasteiger partial charge >= 0.3 is 21.4 Å². The fraction of sp³-hybridized carbons (Fsp3) is 0.167. The Morgan fingerprint density at radius 3 is 1.64 bits per heavy atom. The average Bonchev–Trinajstić information content (AvgIpc) is 3.17. The van der Waals surface area contributed by atoms with Crippen LogP contribution >= 0.6 is 0 Å². The Hall–Kier alpha value is -4.57. The number of allylic oxidation sites excluding steroid dienone is 16. The molecule has 4 aliphatic rings. The van der Waals surface area contributed by atoms with Gasteiger partial charge in [-0.3, -0.25) is 0 Å². The summed E-state index contributed by atoms with van der Waals surface area (Å²) in [6, 6.07) is 0. The van der Waals surface area contributed by atoms with Crippen molar-refractivity contribution < 1.29 is 13.7 Å². The maximum atomic E-state index is 6.39. The number of nitrogens with two attached hydrogens (primary N) is 1. The van der Waals surface area contributed by atoms with Crippen molar-refractivity contribution in [1.29, 1.82) is 0 Å². The third-order valence-electron chi connectivity index (χ3n) is 5.20. The first-order valence-corrected chi connectivity index (χ1v) is 10.5. The van der Waals surface area contributed by atoms with E-state index in [0.29, 0.717) is 0 Å². The van der Waals surface area contributed by atoms with Gasteiger partial charge in [-0.25, -0.2) is 0 Å². The van der Waals surface area contributed by atoms with E-state index in [2.05, 4.69) is 38.2 Å². The third kappa shape index (κ3) is 5.99. The van der Waals surface area contributed by atoms with E-state index in [1.807, 2.05) is 73.8 Å². The summed E-state index contributed by atoms with van der Waals surface area (Å²) in [6.45, 7) is 6.06. The minimum absolute atomic E-state index is 0. The molecule has 2 radical (unpaired) electrons. The smallest absolute Gasteiger partial charge is 0.465 e. The van der Waals surface area contributed by atoms with Gasteiger partial charge in [0.1, 0.15) is 0 Å². The second-order valence-corrected chi connectivity index (χ2v) is 8.35. The first kappa shape index (κ1) is 24.7. The van der Waals surface area contributed by atoms with Gasteiger partial charge in [-0.2, -0.15) is 48.3 Å². The summed E-state index contributed by atoms with van der Waals surface area (Å²) >= 11 is 0. The van der Waals surface area contributed by atoms with Crippen LogP contribution in [0, 0.1) is 11.8 Å². The van der Waals surface area contributed by atoms with Crippen molar-refractivity contribution in [2.45, 2.75) is 26.3 Å². The van der Waals surface area contributed by atoms with Crippen molar-refractivity contribution in [2.75, 3.05) is 0 Å².